The summed E-state index contributed by atoms with van der Waals surface area (Å²) in [7, 11) is -3.01. The average Bonchev–Trinajstić information content (AvgIpc) is 2.68. The van der Waals surface area contributed by atoms with E-state index in [9.17, 15) is 18.0 Å². The molecule has 108 valence electrons. The fourth-order valence-corrected chi connectivity index (χ4v) is 3.98. The Hall–Kier alpha value is -1.96. The van der Waals surface area contributed by atoms with Gasteiger partial charge in [-0.1, -0.05) is 0 Å². The van der Waals surface area contributed by atoms with Crippen molar-refractivity contribution in [3.05, 3.63) is 23.9 Å². The van der Waals surface area contributed by atoms with Gasteiger partial charge in [-0.05, 0) is 24.5 Å². The lowest BCUT2D eigenvalue weighted by Crippen LogP contribution is -2.18. The number of pyridine rings is 1. The predicted molar refractivity (Wildman–Crippen MR) is 71.2 cm³/mol. The van der Waals surface area contributed by atoms with Crippen LogP contribution in [0.1, 0.15) is 23.2 Å². The van der Waals surface area contributed by atoms with Gasteiger partial charge in [-0.25, -0.2) is 18.2 Å². The highest BCUT2D eigenvalue weighted by atomic mass is 32.2. The van der Waals surface area contributed by atoms with Crippen molar-refractivity contribution in [1.82, 2.24) is 4.98 Å². The molecule has 1 aromatic rings. The average molecular weight is 298 g/mol. The number of aromatic carboxylic acids is 1. The standard InChI is InChI=1S/C12H14N2O5S/c15-11(5-8-2-4-20(18,19)7-8)14-10-6-9(12(16)17)1-3-13-10/h1,3,6,8H,2,4-5,7H2,(H,16,17)(H,13,14,15). The third-order valence-corrected chi connectivity index (χ3v) is 4.91. The molecule has 0 radical (unpaired) electrons. The van der Waals surface area contributed by atoms with Crippen LogP contribution in [0.15, 0.2) is 18.3 Å². The highest BCUT2D eigenvalue weighted by molar-refractivity contribution is 7.91. The van der Waals surface area contributed by atoms with E-state index in [1.807, 2.05) is 0 Å². The number of nitrogens with one attached hydrogen (secondary N) is 1. The molecule has 20 heavy (non-hydrogen) atoms. The summed E-state index contributed by atoms with van der Waals surface area (Å²) in [6.45, 7) is 0. The van der Waals surface area contributed by atoms with Crippen LogP contribution in [0.4, 0.5) is 5.82 Å². The molecule has 1 amide bonds. The fourth-order valence-electron chi connectivity index (χ4n) is 2.12. The molecule has 1 aromatic heterocycles. The normalized spacial score (nSPS) is 20.5. The number of carboxylic acids is 1. The molecule has 1 aliphatic rings. The Labute approximate surface area is 115 Å². The summed E-state index contributed by atoms with van der Waals surface area (Å²) in [5.74, 6) is -1.34. The van der Waals surface area contributed by atoms with Crippen molar-refractivity contribution in [3.8, 4) is 0 Å². The van der Waals surface area contributed by atoms with Gasteiger partial charge in [-0.3, -0.25) is 4.79 Å². The molecule has 2 N–H and O–H groups in total. The minimum absolute atomic E-state index is 0.0266. The molecule has 0 aromatic carbocycles. The third kappa shape index (κ3) is 3.77. The lowest BCUT2D eigenvalue weighted by atomic mass is 10.1. The van der Waals surface area contributed by atoms with Gasteiger partial charge in [0.1, 0.15) is 5.82 Å². The van der Waals surface area contributed by atoms with Crippen molar-refractivity contribution >= 4 is 27.5 Å². The van der Waals surface area contributed by atoms with Gasteiger partial charge in [-0.2, -0.15) is 0 Å². The Morgan fingerprint density at radius 2 is 2.20 bits per heavy atom. The van der Waals surface area contributed by atoms with Crippen LogP contribution in [0.3, 0.4) is 0 Å². The minimum Gasteiger partial charge on any atom is -0.478 e. The summed E-state index contributed by atoms with van der Waals surface area (Å²) in [5.41, 5.74) is 0.0266. The number of hydrogen-bond acceptors (Lipinski definition) is 5. The summed E-state index contributed by atoms with van der Waals surface area (Å²) < 4.78 is 22.6. The van der Waals surface area contributed by atoms with Gasteiger partial charge in [0.05, 0.1) is 17.1 Å². The van der Waals surface area contributed by atoms with Crippen LogP contribution < -0.4 is 5.32 Å². The second-order valence-corrected chi connectivity index (χ2v) is 6.98. The SMILES string of the molecule is O=C(CC1CCS(=O)(=O)C1)Nc1cc(C(=O)O)ccn1. The number of hydrogen-bond donors (Lipinski definition) is 2. The summed E-state index contributed by atoms with van der Waals surface area (Å²) in [5, 5.41) is 11.3. The van der Waals surface area contributed by atoms with Crippen LogP contribution in [0.2, 0.25) is 0 Å². The first-order valence-electron chi connectivity index (χ1n) is 6.05. The maximum atomic E-state index is 11.8. The molecule has 0 bridgehead atoms. The Morgan fingerprint density at radius 3 is 2.80 bits per heavy atom. The van der Waals surface area contributed by atoms with Crippen molar-refractivity contribution in [3.63, 3.8) is 0 Å². The minimum atomic E-state index is -3.01. The molecule has 8 heteroatoms. The number of rotatable bonds is 4. The van der Waals surface area contributed by atoms with Gasteiger partial charge in [0.2, 0.25) is 5.91 Å². The quantitative estimate of drug-likeness (QED) is 0.838. The van der Waals surface area contributed by atoms with E-state index in [2.05, 4.69) is 10.3 Å². The molecule has 7 nitrogen and oxygen atoms in total. The lowest BCUT2D eigenvalue weighted by Gasteiger charge is -2.08. The van der Waals surface area contributed by atoms with Crippen LogP contribution in [-0.4, -0.2) is 41.9 Å². The van der Waals surface area contributed by atoms with Crippen LogP contribution in [0.25, 0.3) is 0 Å². The highest BCUT2D eigenvalue weighted by Gasteiger charge is 2.29. The number of amides is 1. The first-order valence-corrected chi connectivity index (χ1v) is 7.87. The van der Waals surface area contributed by atoms with Crippen LogP contribution >= 0.6 is 0 Å². The van der Waals surface area contributed by atoms with E-state index in [4.69, 9.17) is 5.11 Å². The summed E-state index contributed by atoms with van der Waals surface area (Å²) >= 11 is 0. The molecular formula is C12H14N2O5S. The van der Waals surface area contributed by atoms with E-state index >= 15 is 0 Å². The number of carboxylic acid groups (broad SMARTS) is 1. The van der Waals surface area contributed by atoms with Gasteiger partial charge in [-0.15, -0.1) is 0 Å². The molecular weight excluding hydrogens is 284 g/mol. The van der Waals surface area contributed by atoms with E-state index in [1.165, 1.54) is 18.3 Å². The van der Waals surface area contributed by atoms with E-state index in [1.54, 1.807) is 0 Å². The number of carbonyl (C=O) groups is 2. The Kier molecular flexibility index (Phi) is 4.03. The number of aromatic nitrogens is 1. The Bertz CT molecular complexity index is 641. The lowest BCUT2D eigenvalue weighted by molar-refractivity contribution is -0.116. The second-order valence-electron chi connectivity index (χ2n) is 4.76. The molecule has 0 aliphatic carbocycles. The van der Waals surface area contributed by atoms with Crippen LogP contribution in [0, 0.1) is 5.92 Å². The molecule has 1 saturated heterocycles. The van der Waals surface area contributed by atoms with Crippen LogP contribution in [-0.2, 0) is 14.6 Å². The molecule has 1 atom stereocenters. The predicted octanol–water partition coefficient (Wildman–Crippen LogP) is 0.543. The summed E-state index contributed by atoms with van der Waals surface area (Å²) in [6, 6.07) is 2.58. The Balaban J connectivity index is 1.95. The highest BCUT2D eigenvalue weighted by Crippen LogP contribution is 2.22. The Morgan fingerprint density at radius 1 is 1.45 bits per heavy atom. The van der Waals surface area contributed by atoms with E-state index < -0.39 is 15.8 Å². The fraction of sp³-hybridized carbons (Fsp3) is 0.417. The van der Waals surface area contributed by atoms with Crippen molar-refractivity contribution in [1.29, 1.82) is 0 Å². The number of nitrogens with zero attached hydrogens (tertiary/aromatic N) is 1. The molecule has 0 spiro atoms. The zero-order chi connectivity index (χ0) is 14.8. The zero-order valence-electron chi connectivity index (χ0n) is 10.6. The molecule has 1 unspecified atom stereocenters. The van der Waals surface area contributed by atoms with Gasteiger partial charge < -0.3 is 10.4 Å². The van der Waals surface area contributed by atoms with Gasteiger partial charge in [0.25, 0.3) is 0 Å². The smallest absolute Gasteiger partial charge is 0.335 e. The van der Waals surface area contributed by atoms with Crippen LogP contribution in [0.5, 0.6) is 0 Å². The summed E-state index contributed by atoms with van der Waals surface area (Å²) in [4.78, 5) is 26.4. The van der Waals surface area contributed by atoms with E-state index in [0.717, 1.165) is 0 Å². The molecule has 2 heterocycles. The van der Waals surface area contributed by atoms with Gasteiger partial charge >= 0.3 is 5.97 Å². The van der Waals surface area contributed by atoms with Gasteiger partial charge in [0.15, 0.2) is 9.84 Å². The topological polar surface area (TPSA) is 113 Å². The van der Waals surface area contributed by atoms with Crippen molar-refractivity contribution in [2.45, 2.75) is 12.8 Å². The maximum Gasteiger partial charge on any atom is 0.335 e. The first-order chi connectivity index (χ1) is 9.35. The maximum absolute atomic E-state index is 11.8. The van der Waals surface area contributed by atoms with E-state index in [0.29, 0.717) is 6.42 Å². The summed E-state index contributed by atoms with van der Waals surface area (Å²) in [6.07, 6.45) is 1.87. The van der Waals surface area contributed by atoms with Gasteiger partial charge in [0, 0.05) is 12.6 Å². The van der Waals surface area contributed by atoms with Crippen molar-refractivity contribution < 1.29 is 23.1 Å². The monoisotopic (exact) mass is 298 g/mol. The second kappa shape index (κ2) is 5.58. The molecule has 2 rings (SSSR count). The molecule has 1 aliphatic heterocycles. The van der Waals surface area contributed by atoms with E-state index in [-0.39, 0.29) is 41.1 Å². The largest absolute Gasteiger partial charge is 0.478 e. The number of carbonyl (C=O) groups excluding carboxylic acids is 1. The number of sulfone groups is 1. The first kappa shape index (κ1) is 14.4. The molecule has 1 fully saturated rings. The van der Waals surface area contributed by atoms with Crippen molar-refractivity contribution in [2.24, 2.45) is 5.92 Å². The number of anilines is 1. The van der Waals surface area contributed by atoms with Crippen molar-refractivity contribution in [2.75, 3.05) is 16.8 Å². The third-order valence-electron chi connectivity index (χ3n) is 3.08. The molecule has 0 saturated carbocycles. The zero-order valence-corrected chi connectivity index (χ0v) is 11.4.